The van der Waals surface area contributed by atoms with E-state index in [4.69, 9.17) is 4.98 Å². The van der Waals surface area contributed by atoms with E-state index in [1.54, 1.807) is 5.56 Å². The highest BCUT2D eigenvalue weighted by Gasteiger charge is 2.33. The minimum atomic E-state index is 0.0581. The number of thioether (sulfide) groups is 1. The zero-order valence-electron chi connectivity index (χ0n) is 21.5. The van der Waals surface area contributed by atoms with Gasteiger partial charge in [0.15, 0.2) is 0 Å². The van der Waals surface area contributed by atoms with Crippen LogP contribution in [0.25, 0.3) is 42.2 Å². The molecule has 0 saturated carbocycles. The van der Waals surface area contributed by atoms with Gasteiger partial charge in [-0.15, -0.1) is 23.1 Å². The van der Waals surface area contributed by atoms with Crippen LogP contribution in [0.15, 0.2) is 65.7 Å². The van der Waals surface area contributed by atoms with Crippen molar-refractivity contribution in [3.63, 3.8) is 0 Å². The van der Waals surface area contributed by atoms with E-state index in [-0.39, 0.29) is 5.41 Å². The molecular formula is C32H33NS2. The van der Waals surface area contributed by atoms with Crippen molar-refractivity contribution in [2.45, 2.75) is 69.4 Å². The zero-order valence-corrected chi connectivity index (χ0v) is 23.1. The van der Waals surface area contributed by atoms with Crippen molar-refractivity contribution in [1.82, 2.24) is 4.98 Å². The van der Waals surface area contributed by atoms with Crippen LogP contribution >= 0.6 is 23.1 Å². The molecule has 2 unspecified atom stereocenters. The third kappa shape index (κ3) is 3.79. The fraction of sp³-hybridized carbons (Fsp3) is 0.344. The summed E-state index contributed by atoms with van der Waals surface area (Å²) in [5.41, 5.74) is 5.35. The lowest BCUT2D eigenvalue weighted by Gasteiger charge is -2.22. The van der Waals surface area contributed by atoms with Gasteiger partial charge >= 0.3 is 0 Å². The largest absolute Gasteiger partial charge is 0.255 e. The second-order valence-electron chi connectivity index (χ2n) is 11.6. The molecule has 178 valence electrons. The Labute approximate surface area is 217 Å². The zero-order chi connectivity index (χ0) is 24.5. The van der Waals surface area contributed by atoms with E-state index in [0.29, 0.717) is 11.2 Å². The summed E-state index contributed by atoms with van der Waals surface area (Å²) in [7, 11) is 0. The number of thiophene rings is 1. The van der Waals surface area contributed by atoms with E-state index in [9.17, 15) is 0 Å². The van der Waals surface area contributed by atoms with Crippen molar-refractivity contribution in [3.8, 4) is 11.3 Å². The van der Waals surface area contributed by atoms with Crippen LogP contribution in [0.4, 0.5) is 0 Å². The van der Waals surface area contributed by atoms with Gasteiger partial charge in [0, 0.05) is 37.4 Å². The molecule has 0 radical (unpaired) electrons. The Morgan fingerprint density at radius 2 is 1.77 bits per heavy atom. The van der Waals surface area contributed by atoms with Gasteiger partial charge < -0.3 is 0 Å². The van der Waals surface area contributed by atoms with Gasteiger partial charge in [-0.2, -0.15) is 0 Å². The molecule has 2 aromatic heterocycles. The smallest absolute Gasteiger partial charge is 0.0880 e. The summed E-state index contributed by atoms with van der Waals surface area (Å²) >= 11 is 4.01. The minimum Gasteiger partial charge on any atom is -0.255 e. The summed E-state index contributed by atoms with van der Waals surface area (Å²) in [6, 6.07) is 20.5. The van der Waals surface area contributed by atoms with Crippen LogP contribution in [-0.2, 0) is 5.41 Å². The number of aromatic nitrogens is 1. The predicted octanol–water partition coefficient (Wildman–Crippen LogP) is 10.2. The molecule has 6 rings (SSSR count). The minimum absolute atomic E-state index is 0.0581. The summed E-state index contributed by atoms with van der Waals surface area (Å²) < 4.78 is 2.71. The molecule has 35 heavy (non-hydrogen) atoms. The third-order valence-electron chi connectivity index (χ3n) is 7.49. The van der Waals surface area contributed by atoms with E-state index >= 15 is 0 Å². The second kappa shape index (κ2) is 8.35. The molecule has 1 aliphatic heterocycles. The molecule has 2 atom stereocenters. The Balaban J connectivity index is 1.59. The number of hydrogen-bond donors (Lipinski definition) is 0. The first-order valence-electron chi connectivity index (χ1n) is 12.8. The van der Waals surface area contributed by atoms with Crippen molar-refractivity contribution >= 4 is 54.0 Å². The Morgan fingerprint density at radius 3 is 2.54 bits per heavy atom. The lowest BCUT2D eigenvalue weighted by molar-refractivity contribution is 0.536. The highest BCUT2D eigenvalue weighted by atomic mass is 32.2. The first kappa shape index (κ1) is 23.1. The van der Waals surface area contributed by atoms with Gasteiger partial charge in [-0.3, -0.25) is 4.98 Å². The quantitative estimate of drug-likeness (QED) is 0.247. The number of pyridine rings is 1. The van der Waals surface area contributed by atoms with Gasteiger partial charge in [0.1, 0.15) is 0 Å². The number of rotatable bonds is 3. The fourth-order valence-electron chi connectivity index (χ4n) is 5.80. The maximum Gasteiger partial charge on any atom is 0.0880 e. The fourth-order valence-corrected chi connectivity index (χ4v) is 8.73. The molecular weight excluding hydrogens is 462 g/mol. The highest BCUT2D eigenvalue weighted by molar-refractivity contribution is 8.00. The molecule has 0 N–H and O–H groups in total. The molecule has 3 heteroatoms. The average molecular weight is 496 g/mol. The van der Waals surface area contributed by atoms with Crippen LogP contribution in [0.2, 0.25) is 0 Å². The number of nitrogens with zero attached hydrogens (tertiary/aromatic N) is 1. The predicted molar refractivity (Wildman–Crippen MR) is 156 cm³/mol. The van der Waals surface area contributed by atoms with Crippen molar-refractivity contribution in [1.29, 1.82) is 0 Å². The standard InChI is InChI=1S/C32H33NS2/c1-18(2)15-27-19(3)28-25(34-27)11-12-26-29(28)23-13-14-33-30(31(23)35-26)21-16-20-9-7-8-10-22(20)24(17-21)32(4,5)6/h7-14,16-19,27H,15H2,1-6H3. The molecule has 0 aliphatic carbocycles. The van der Waals surface area contributed by atoms with Gasteiger partial charge in [0.25, 0.3) is 0 Å². The Bertz CT molecular complexity index is 1580. The number of hydrogen-bond acceptors (Lipinski definition) is 3. The van der Waals surface area contributed by atoms with Gasteiger partial charge in [0.05, 0.1) is 10.4 Å². The Morgan fingerprint density at radius 1 is 0.971 bits per heavy atom. The summed E-state index contributed by atoms with van der Waals surface area (Å²) in [6.07, 6.45) is 3.29. The van der Waals surface area contributed by atoms with E-state index < -0.39 is 0 Å². The van der Waals surface area contributed by atoms with E-state index in [1.165, 1.54) is 53.4 Å². The Kier molecular flexibility index (Phi) is 5.50. The van der Waals surface area contributed by atoms with Gasteiger partial charge in [-0.1, -0.05) is 65.8 Å². The highest BCUT2D eigenvalue weighted by Crippen LogP contribution is 2.53. The first-order chi connectivity index (χ1) is 16.7. The molecule has 3 heterocycles. The Hall–Kier alpha value is -2.36. The summed E-state index contributed by atoms with van der Waals surface area (Å²) in [5, 5.41) is 6.13. The molecule has 0 amide bonds. The average Bonchev–Trinajstić information content (AvgIpc) is 3.34. The SMILES string of the molecule is CC(C)CC1Sc2ccc3sc4c(-c5cc(C(C)(C)C)c6ccccc6c5)nccc4c3c2C1C. The van der Waals surface area contributed by atoms with Crippen LogP contribution in [0, 0.1) is 5.92 Å². The van der Waals surface area contributed by atoms with Gasteiger partial charge in [-0.05, 0) is 75.9 Å². The summed E-state index contributed by atoms with van der Waals surface area (Å²) in [4.78, 5) is 6.46. The van der Waals surface area contributed by atoms with E-state index in [0.717, 1.165) is 11.6 Å². The first-order valence-corrected chi connectivity index (χ1v) is 14.5. The molecule has 0 saturated heterocycles. The maximum absolute atomic E-state index is 4.97. The van der Waals surface area contributed by atoms with Crippen LogP contribution < -0.4 is 0 Å². The molecule has 3 aromatic carbocycles. The van der Waals surface area contributed by atoms with E-state index in [1.807, 2.05) is 17.5 Å². The normalized spacial score (nSPS) is 18.3. The lowest BCUT2D eigenvalue weighted by atomic mass is 9.82. The summed E-state index contributed by atoms with van der Waals surface area (Å²) in [6.45, 7) is 14.1. The molecule has 0 fully saturated rings. The molecule has 0 spiro atoms. The molecule has 5 aromatic rings. The molecule has 1 aliphatic rings. The van der Waals surface area contributed by atoms with Crippen LogP contribution in [-0.4, -0.2) is 10.2 Å². The molecule has 0 bridgehead atoms. The summed E-state index contributed by atoms with van der Waals surface area (Å²) in [5.74, 6) is 1.29. The maximum atomic E-state index is 4.97. The van der Waals surface area contributed by atoms with Crippen molar-refractivity contribution in [2.24, 2.45) is 5.92 Å². The van der Waals surface area contributed by atoms with Crippen LogP contribution in [0.3, 0.4) is 0 Å². The monoisotopic (exact) mass is 495 g/mol. The lowest BCUT2D eigenvalue weighted by Crippen LogP contribution is -2.12. The van der Waals surface area contributed by atoms with E-state index in [2.05, 4.69) is 108 Å². The second-order valence-corrected chi connectivity index (χ2v) is 13.9. The van der Waals surface area contributed by atoms with Crippen LogP contribution in [0.5, 0.6) is 0 Å². The van der Waals surface area contributed by atoms with Gasteiger partial charge in [0.2, 0.25) is 0 Å². The van der Waals surface area contributed by atoms with Crippen molar-refractivity contribution < 1.29 is 0 Å². The van der Waals surface area contributed by atoms with Crippen LogP contribution in [0.1, 0.15) is 65.0 Å². The topological polar surface area (TPSA) is 12.9 Å². The number of benzene rings is 3. The van der Waals surface area contributed by atoms with Gasteiger partial charge in [-0.25, -0.2) is 0 Å². The van der Waals surface area contributed by atoms with Crippen molar-refractivity contribution in [3.05, 3.63) is 71.9 Å². The number of fused-ring (bicyclic) bond motifs is 6. The van der Waals surface area contributed by atoms with Crippen molar-refractivity contribution in [2.75, 3.05) is 0 Å². The third-order valence-corrected chi connectivity index (χ3v) is 10.2. The molecule has 1 nitrogen and oxygen atoms in total.